The van der Waals surface area contributed by atoms with Gasteiger partial charge in [-0.1, -0.05) is 27.2 Å². The van der Waals surface area contributed by atoms with Gasteiger partial charge in [-0.2, -0.15) is 13.2 Å². The fourth-order valence-electron chi connectivity index (χ4n) is 4.88. The number of carbonyl (C=O) groups is 2. The lowest BCUT2D eigenvalue weighted by molar-refractivity contribution is -0.141. The molecule has 2 N–H and O–H groups in total. The molecule has 3 aromatic rings. The van der Waals surface area contributed by atoms with Gasteiger partial charge < -0.3 is 10.6 Å². The van der Waals surface area contributed by atoms with Crippen LogP contribution in [0.3, 0.4) is 0 Å². The Bertz CT molecular complexity index is 1320. The molecular weight excluding hydrogens is 553 g/mol. The fraction of sp³-hybridized carbons (Fsp3) is 0.400. The van der Waals surface area contributed by atoms with Crippen molar-refractivity contribution in [2.45, 2.75) is 56.8 Å². The minimum Gasteiger partial charge on any atom is -0.344 e. The number of rotatable bonds is 4. The SMILES string of the molecule is O=C(NC1CCc2cc(Br)ccc2NC1=O)C1CCC(n2cc(-c3cccc(C(F)(F)F)n3)nn2)CC1. The molecule has 37 heavy (non-hydrogen) atoms. The average Bonchev–Trinajstić information content (AvgIpc) is 3.32. The zero-order valence-corrected chi connectivity index (χ0v) is 21.2. The van der Waals surface area contributed by atoms with Crippen molar-refractivity contribution in [3.8, 4) is 11.4 Å². The third-order valence-electron chi connectivity index (χ3n) is 6.91. The van der Waals surface area contributed by atoms with Crippen LogP contribution in [0.15, 0.2) is 47.1 Å². The van der Waals surface area contributed by atoms with Crippen molar-refractivity contribution in [3.63, 3.8) is 0 Å². The Morgan fingerprint density at radius 1 is 1.08 bits per heavy atom. The molecule has 1 aliphatic heterocycles. The number of pyridine rings is 1. The number of hydrogen-bond acceptors (Lipinski definition) is 5. The summed E-state index contributed by atoms with van der Waals surface area (Å²) in [6.45, 7) is 0. The summed E-state index contributed by atoms with van der Waals surface area (Å²) < 4.78 is 41.5. The molecule has 3 heterocycles. The molecule has 2 aliphatic rings. The van der Waals surface area contributed by atoms with E-state index in [-0.39, 0.29) is 35.2 Å². The first-order chi connectivity index (χ1) is 17.7. The maximum absolute atomic E-state index is 13.0. The van der Waals surface area contributed by atoms with Crippen LogP contribution in [0.1, 0.15) is 49.4 Å². The van der Waals surface area contributed by atoms with Crippen LogP contribution in [0.5, 0.6) is 0 Å². The van der Waals surface area contributed by atoms with Gasteiger partial charge in [0.1, 0.15) is 17.4 Å². The standard InChI is InChI=1S/C25H24BrF3N6O2/c26-16-7-11-18-15(12-16)6-10-20(24(37)31-18)32-23(36)14-4-8-17(9-5-14)35-13-21(33-34-35)19-2-1-3-22(30-19)25(27,28)29/h1-3,7,11-14,17,20H,4-6,8-10H2,(H,31,37)(H,32,36). The number of fused-ring (bicyclic) bond motifs is 1. The van der Waals surface area contributed by atoms with Gasteiger partial charge in [0, 0.05) is 16.1 Å². The second-order valence-corrected chi connectivity index (χ2v) is 10.3. The highest BCUT2D eigenvalue weighted by molar-refractivity contribution is 9.10. The summed E-state index contributed by atoms with van der Waals surface area (Å²) in [7, 11) is 0. The molecule has 0 bridgehead atoms. The van der Waals surface area contributed by atoms with Gasteiger partial charge >= 0.3 is 6.18 Å². The summed E-state index contributed by atoms with van der Waals surface area (Å²) in [6, 6.07) is 8.73. The van der Waals surface area contributed by atoms with Crippen molar-refractivity contribution in [1.82, 2.24) is 25.3 Å². The highest BCUT2D eigenvalue weighted by atomic mass is 79.9. The van der Waals surface area contributed by atoms with Crippen LogP contribution >= 0.6 is 15.9 Å². The normalized spacial score (nSPS) is 22.1. The highest BCUT2D eigenvalue weighted by Crippen LogP contribution is 2.34. The number of anilines is 1. The summed E-state index contributed by atoms with van der Waals surface area (Å²) in [5, 5.41) is 14.0. The summed E-state index contributed by atoms with van der Waals surface area (Å²) >= 11 is 3.45. The Kier molecular flexibility index (Phi) is 7.02. The molecule has 0 saturated heterocycles. The van der Waals surface area contributed by atoms with Crippen molar-refractivity contribution in [2.75, 3.05) is 5.32 Å². The van der Waals surface area contributed by atoms with E-state index in [1.165, 1.54) is 12.1 Å². The number of alkyl halides is 3. The summed E-state index contributed by atoms with van der Waals surface area (Å²) in [4.78, 5) is 29.3. The first-order valence-corrected chi connectivity index (χ1v) is 12.8. The number of aryl methyl sites for hydroxylation is 1. The lowest BCUT2D eigenvalue weighted by atomic mass is 9.85. The Hall–Kier alpha value is -3.28. The van der Waals surface area contributed by atoms with E-state index in [1.54, 1.807) is 10.9 Å². The van der Waals surface area contributed by atoms with Crippen LogP contribution in [0.25, 0.3) is 11.4 Å². The average molecular weight is 577 g/mol. The molecule has 12 heteroatoms. The van der Waals surface area contributed by atoms with Gasteiger partial charge in [-0.05, 0) is 74.4 Å². The van der Waals surface area contributed by atoms with Crippen molar-refractivity contribution in [1.29, 1.82) is 0 Å². The van der Waals surface area contributed by atoms with E-state index >= 15 is 0 Å². The molecule has 1 atom stereocenters. The second kappa shape index (κ2) is 10.2. The predicted molar refractivity (Wildman–Crippen MR) is 132 cm³/mol. The molecule has 1 aromatic carbocycles. The van der Waals surface area contributed by atoms with E-state index in [9.17, 15) is 22.8 Å². The minimum atomic E-state index is -4.54. The Labute approximate surface area is 219 Å². The number of aromatic nitrogens is 4. The zero-order valence-electron chi connectivity index (χ0n) is 19.6. The van der Waals surface area contributed by atoms with Gasteiger partial charge in [0.05, 0.1) is 17.9 Å². The number of benzene rings is 1. The molecule has 1 unspecified atom stereocenters. The molecular formula is C25H24BrF3N6O2. The van der Waals surface area contributed by atoms with Crippen LogP contribution in [0.4, 0.5) is 18.9 Å². The third kappa shape index (κ3) is 5.68. The van der Waals surface area contributed by atoms with E-state index in [1.807, 2.05) is 18.2 Å². The number of nitrogens with zero attached hydrogens (tertiary/aromatic N) is 4. The molecule has 194 valence electrons. The Morgan fingerprint density at radius 2 is 1.86 bits per heavy atom. The van der Waals surface area contributed by atoms with Gasteiger partial charge in [-0.25, -0.2) is 9.67 Å². The monoisotopic (exact) mass is 576 g/mol. The minimum absolute atomic E-state index is 0.0229. The fourth-order valence-corrected chi connectivity index (χ4v) is 5.29. The first-order valence-electron chi connectivity index (χ1n) is 12.0. The lowest BCUT2D eigenvalue weighted by Gasteiger charge is -2.28. The van der Waals surface area contributed by atoms with E-state index in [4.69, 9.17) is 0 Å². The number of carbonyl (C=O) groups excluding carboxylic acids is 2. The molecule has 1 fully saturated rings. The van der Waals surface area contributed by atoms with Crippen molar-refractivity contribution in [2.24, 2.45) is 5.92 Å². The number of hydrogen-bond donors (Lipinski definition) is 2. The van der Waals surface area contributed by atoms with E-state index in [0.29, 0.717) is 38.5 Å². The highest BCUT2D eigenvalue weighted by Gasteiger charge is 2.34. The van der Waals surface area contributed by atoms with Gasteiger partial charge in [0.15, 0.2) is 0 Å². The topological polar surface area (TPSA) is 102 Å². The predicted octanol–water partition coefficient (Wildman–Crippen LogP) is 4.92. The second-order valence-electron chi connectivity index (χ2n) is 9.39. The first kappa shape index (κ1) is 25.4. The van der Waals surface area contributed by atoms with Crippen LogP contribution in [0.2, 0.25) is 0 Å². The number of halogens is 4. The van der Waals surface area contributed by atoms with E-state index < -0.39 is 17.9 Å². The molecule has 5 rings (SSSR count). The van der Waals surface area contributed by atoms with Crippen LogP contribution < -0.4 is 10.6 Å². The Morgan fingerprint density at radius 3 is 2.62 bits per heavy atom. The maximum Gasteiger partial charge on any atom is 0.433 e. The van der Waals surface area contributed by atoms with Gasteiger partial charge in [-0.3, -0.25) is 9.59 Å². The van der Waals surface area contributed by atoms with Gasteiger partial charge in [0.25, 0.3) is 0 Å². The summed E-state index contributed by atoms with van der Waals surface area (Å²) in [5.41, 5.74) is 1.17. The van der Waals surface area contributed by atoms with Crippen molar-refractivity contribution >= 4 is 33.4 Å². The zero-order chi connectivity index (χ0) is 26.2. The largest absolute Gasteiger partial charge is 0.433 e. The van der Waals surface area contributed by atoms with E-state index in [0.717, 1.165) is 21.8 Å². The lowest BCUT2D eigenvalue weighted by Crippen LogP contribution is -2.46. The summed E-state index contributed by atoms with van der Waals surface area (Å²) in [6.07, 6.45) is 0.774. The third-order valence-corrected chi connectivity index (χ3v) is 7.41. The van der Waals surface area contributed by atoms with Crippen molar-refractivity contribution < 1.29 is 22.8 Å². The molecule has 0 radical (unpaired) electrons. The quantitative estimate of drug-likeness (QED) is 0.459. The van der Waals surface area contributed by atoms with Gasteiger partial charge in [-0.15, -0.1) is 5.10 Å². The molecule has 1 saturated carbocycles. The molecule has 1 aliphatic carbocycles. The number of amides is 2. The maximum atomic E-state index is 13.0. The van der Waals surface area contributed by atoms with Gasteiger partial charge in [0.2, 0.25) is 11.8 Å². The number of nitrogens with one attached hydrogen (secondary N) is 2. The van der Waals surface area contributed by atoms with Crippen LogP contribution in [-0.2, 0) is 22.2 Å². The molecule has 2 aromatic heterocycles. The van der Waals surface area contributed by atoms with Crippen molar-refractivity contribution in [3.05, 3.63) is 58.3 Å². The molecule has 2 amide bonds. The van der Waals surface area contributed by atoms with Crippen LogP contribution in [0, 0.1) is 5.92 Å². The molecule has 0 spiro atoms. The smallest absolute Gasteiger partial charge is 0.344 e. The van der Waals surface area contributed by atoms with Crippen LogP contribution in [-0.4, -0.2) is 37.8 Å². The molecule has 8 nitrogen and oxygen atoms in total. The van der Waals surface area contributed by atoms with E-state index in [2.05, 4.69) is 41.9 Å². The summed E-state index contributed by atoms with van der Waals surface area (Å²) in [5.74, 6) is -0.586. The Balaban J connectivity index is 1.17.